The first-order valence-electron chi connectivity index (χ1n) is 10.4. The van der Waals surface area contributed by atoms with E-state index in [1.807, 2.05) is 12.5 Å². The first-order valence-corrected chi connectivity index (χ1v) is 10.4. The zero-order valence-corrected chi connectivity index (χ0v) is 16.0. The molecule has 3 heteroatoms. The maximum Gasteiger partial charge on any atom is 0.0992 e. The summed E-state index contributed by atoms with van der Waals surface area (Å²) in [6, 6.07) is 11.2. The van der Waals surface area contributed by atoms with Crippen molar-refractivity contribution in [1.82, 2.24) is 9.38 Å². The third-order valence-electron chi connectivity index (χ3n) is 6.71. The number of pyridine rings is 1. The van der Waals surface area contributed by atoms with E-state index < -0.39 is 0 Å². The van der Waals surface area contributed by atoms with Gasteiger partial charge in [-0.2, -0.15) is 0 Å². The Morgan fingerprint density at radius 3 is 2.56 bits per heavy atom. The molecule has 0 radical (unpaired) electrons. The van der Waals surface area contributed by atoms with E-state index in [9.17, 15) is 5.11 Å². The zero-order valence-electron chi connectivity index (χ0n) is 16.0. The normalized spacial score (nSPS) is 24.2. The van der Waals surface area contributed by atoms with Crippen LogP contribution in [0.1, 0.15) is 78.7 Å². The highest BCUT2D eigenvalue weighted by Gasteiger charge is 2.34. The van der Waals surface area contributed by atoms with Gasteiger partial charge in [0.25, 0.3) is 0 Å². The first kappa shape index (κ1) is 17.0. The maximum absolute atomic E-state index is 11.4. The van der Waals surface area contributed by atoms with Crippen molar-refractivity contribution in [1.29, 1.82) is 0 Å². The van der Waals surface area contributed by atoms with Crippen LogP contribution in [0.4, 0.5) is 0 Å². The van der Waals surface area contributed by atoms with Crippen molar-refractivity contribution in [2.45, 2.75) is 63.4 Å². The van der Waals surface area contributed by atoms with Gasteiger partial charge in [-0.3, -0.25) is 0 Å². The molecule has 0 bridgehead atoms. The Hall–Kier alpha value is -2.13. The van der Waals surface area contributed by atoms with Crippen LogP contribution < -0.4 is 0 Å². The molecule has 2 aromatic heterocycles. The number of benzene rings is 1. The van der Waals surface area contributed by atoms with E-state index in [0.717, 1.165) is 23.9 Å². The molecule has 2 aliphatic rings. The van der Waals surface area contributed by atoms with Crippen LogP contribution in [0.25, 0.3) is 5.52 Å². The Bertz CT molecular complexity index is 948. The van der Waals surface area contributed by atoms with E-state index in [-0.39, 0.29) is 6.10 Å². The Morgan fingerprint density at radius 2 is 1.81 bits per heavy atom. The lowest BCUT2D eigenvalue weighted by Crippen LogP contribution is -2.21. The number of aryl methyl sites for hydroxylation is 1. The van der Waals surface area contributed by atoms with Gasteiger partial charge in [-0.1, -0.05) is 29.8 Å². The van der Waals surface area contributed by atoms with Crippen molar-refractivity contribution in [2.24, 2.45) is 5.92 Å². The SMILES string of the molecule is Cc1cccc(C2CCC([C@@H](O)c3c(C4CC4)ccn4cncc34)CC2)c1. The lowest BCUT2D eigenvalue weighted by molar-refractivity contribution is 0.0810. The number of aromatic nitrogens is 2. The van der Waals surface area contributed by atoms with E-state index in [0.29, 0.717) is 17.8 Å². The second kappa shape index (κ2) is 6.79. The van der Waals surface area contributed by atoms with E-state index in [2.05, 4.69) is 52.8 Å². The van der Waals surface area contributed by atoms with Gasteiger partial charge in [0.15, 0.2) is 0 Å². The van der Waals surface area contributed by atoms with Crippen LogP contribution in [0.15, 0.2) is 49.1 Å². The topological polar surface area (TPSA) is 37.5 Å². The predicted octanol–water partition coefficient (Wildman–Crippen LogP) is 5.53. The molecule has 3 aromatic rings. The summed E-state index contributed by atoms with van der Waals surface area (Å²) in [5, 5.41) is 11.4. The molecule has 0 amide bonds. The van der Waals surface area contributed by atoms with E-state index in [1.165, 1.54) is 42.4 Å². The van der Waals surface area contributed by atoms with E-state index in [4.69, 9.17) is 0 Å². The number of aliphatic hydroxyl groups is 1. The molecule has 2 saturated carbocycles. The minimum atomic E-state index is -0.376. The van der Waals surface area contributed by atoms with Crippen LogP contribution in [0.5, 0.6) is 0 Å². The van der Waals surface area contributed by atoms with Crippen LogP contribution in [-0.2, 0) is 0 Å². The standard InChI is InChI=1S/C24H28N2O/c1-16-3-2-4-20(13-16)17-5-9-19(10-6-17)24(27)23-21(18-7-8-18)11-12-26-15-25-14-22(23)26/h2-4,11-15,17-19,24,27H,5-10H2,1H3/t17?,19?,24-/m1/s1. The highest BCUT2D eigenvalue weighted by atomic mass is 16.3. The molecule has 2 fully saturated rings. The molecule has 27 heavy (non-hydrogen) atoms. The molecular formula is C24H28N2O. The van der Waals surface area contributed by atoms with Crippen LogP contribution >= 0.6 is 0 Å². The van der Waals surface area contributed by atoms with Gasteiger partial charge in [0.05, 0.1) is 24.1 Å². The molecule has 5 rings (SSSR count). The van der Waals surface area contributed by atoms with Crippen molar-refractivity contribution >= 4 is 5.52 Å². The number of hydrogen-bond donors (Lipinski definition) is 1. The Labute approximate surface area is 161 Å². The van der Waals surface area contributed by atoms with Crippen molar-refractivity contribution in [3.63, 3.8) is 0 Å². The van der Waals surface area contributed by atoms with Gasteiger partial charge in [-0.15, -0.1) is 0 Å². The summed E-state index contributed by atoms with van der Waals surface area (Å²) in [4.78, 5) is 4.32. The number of nitrogens with zero attached hydrogens (tertiary/aromatic N) is 2. The van der Waals surface area contributed by atoms with Crippen molar-refractivity contribution in [2.75, 3.05) is 0 Å². The molecule has 2 aliphatic carbocycles. The largest absolute Gasteiger partial charge is 0.388 e. The third-order valence-corrected chi connectivity index (χ3v) is 6.71. The summed E-state index contributed by atoms with van der Waals surface area (Å²) in [6.45, 7) is 2.17. The summed E-state index contributed by atoms with van der Waals surface area (Å²) in [6.07, 6.45) is 12.5. The maximum atomic E-state index is 11.4. The van der Waals surface area contributed by atoms with E-state index >= 15 is 0 Å². The zero-order chi connectivity index (χ0) is 18.4. The molecule has 0 saturated heterocycles. The Balaban J connectivity index is 1.38. The summed E-state index contributed by atoms with van der Waals surface area (Å²) in [5.74, 6) is 1.63. The Kier molecular flexibility index (Phi) is 4.28. The minimum absolute atomic E-state index is 0.352. The van der Waals surface area contributed by atoms with Crippen molar-refractivity contribution < 1.29 is 5.11 Å². The van der Waals surface area contributed by atoms with E-state index in [1.54, 1.807) is 0 Å². The molecule has 1 aromatic carbocycles. The quantitative estimate of drug-likeness (QED) is 0.664. The average molecular weight is 361 g/mol. The molecule has 0 unspecified atom stereocenters. The van der Waals surface area contributed by atoms with Gasteiger partial charge in [-0.25, -0.2) is 4.98 Å². The summed E-state index contributed by atoms with van der Waals surface area (Å²) >= 11 is 0. The highest BCUT2D eigenvalue weighted by Crippen LogP contribution is 2.47. The van der Waals surface area contributed by atoms with Gasteiger partial charge in [0.2, 0.25) is 0 Å². The smallest absolute Gasteiger partial charge is 0.0992 e. The van der Waals surface area contributed by atoms with Crippen LogP contribution in [0.3, 0.4) is 0 Å². The van der Waals surface area contributed by atoms with Gasteiger partial charge in [0, 0.05) is 11.8 Å². The fraction of sp³-hybridized carbons (Fsp3) is 0.458. The van der Waals surface area contributed by atoms with Crippen LogP contribution in [0.2, 0.25) is 0 Å². The molecular weight excluding hydrogens is 332 g/mol. The number of aliphatic hydroxyl groups excluding tert-OH is 1. The number of imidazole rings is 1. The van der Waals surface area contributed by atoms with Crippen molar-refractivity contribution in [3.05, 3.63) is 71.3 Å². The lowest BCUT2D eigenvalue weighted by Gasteiger charge is -2.33. The fourth-order valence-electron chi connectivity index (χ4n) is 5.03. The fourth-order valence-corrected chi connectivity index (χ4v) is 5.03. The molecule has 1 N–H and O–H groups in total. The van der Waals surface area contributed by atoms with Gasteiger partial charge < -0.3 is 9.51 Å². The summed E-state index contributed by atoms with van der Waals surface area (Å²) < 4.78 is 2.06. The lowest BCUT2D eigenvalue weighted by atomic mass is 9.74. The second-order valence-corrected chi connectivity index (χ2v) is 8.62. The molecule has 0 spiro atoms. The minimum Gasteiger partial charge on any atom is -0.388 e. The second-order valence-electron chi connectivity index (χ2n) is 8.62. The van der Waals surface area contributed by atoms with Gasteiger partial charge in [-0.05, 0) is 80.4 Å². The molecule has 140 valence electrons. The Morgan fingerprint density at radius 1 is 1.04 bits per heavy atom. The van der Waals surface area contributed by atoms with Crippen LogP contribution in [0, 0.1) is 12.8 Å². The highest BCUT2D eigenvalue weighted by molar-refractivity contribution is 5.59. The molecule has 1 atom stereocenters. The predicted molar refractivity (Wildman–Crippen MR) is 108 cm³/mol. The van der Waals surface area contributed by atoms with Crippen LogP contribution in [-0.4, -0.2) is 14.5 Å². The molecule has 3 nitrogen and oxygen atoms in total. The monoisotopic (exact) mass is 360 g/mol. The third kappa shape index (κ3) is 3.19. The number of rotatable bonds is 4. The average Bonchev–Trinajstić information content (AvgIpc) is 3.43. The molecule has 0 aliphatic heterocycles. The number of fused-ring (bicyclic) bond motifs is 1. The number of hydrogen-bond acceptors (Lipinski definition) is 2. The van der Waals surface area contributed by atoms with Gasteiger partial charge in [0.1, 0.15) is 0 Å². The molecule has 2 heterocycles. The first-order chi connectivity index (χ1) is 13.2. The summed E-state index contributed by atoms with van der Waals surface area (Å²) in [5.41, 5.74) is 6.41. The van der Waals surface area contributed by atoms with Gasteiger partial charge >= 0.3 is 0 Å². The summed E-state index contributed by atoms with van der Waals surface area (Å²) in [7, 11) is 0. The van der Waals surface area contributed by atoms with Crippen molar-refractivity contribution in [3.8, 4) is 0 Å².